The Kier molecular flexibility index (Phi) is 7.17. The molecule has 0 bridgehead atoms. The van der Waals surface area contributed by atoms with Gasteiger partial charge in [0.15, 0.2) is 10.4 Å². The van der Waals surface area contributed by atoms with Crippen LogP contribution in [0.25, 0.3) is 0 Å². The first-order chi connectivity index (χ1) is 15.3. The molecular weight excluding hydrogens is 564 g/mol. The summed E-state index contributed by atoms with van der Waals surface area (Å²) in [5.41, 5.74) is 1.06. The SMILES string of the molecule is CC1CN(C(=O)c2cc(Br)c(Br)o2)CCN1C(=O)C1=NCCC(c2cccc(Cl)c2)C=N1. The number of rotatable bonds is 3. The molecule has 1 aromatic heterocycles. The van der Waals surface area contributed by atoms with E-state index in [1.54, 1.807) is 22.1 Å². The topological polar surface area (TPSA) is 78.5 Å². The van der Waals surface area contributed by atoms with E-state index in [0.29, 0.717) is 40.3 Å². The minimum absolute atomic E-state index is 0.0570. The van der Waals surface area contributed by atoms with Crippen molar-refractivity contribution >= 4 is 67.3 Å². The number of furan rings is 1. The second kappa shape index (κ2) is 9.89. The lowest BCUT2D eigenvalue weighted by molar-refractivity contribution is -0.128. The Hall–Kier alpha value is -1.97. The van der Waals surface area contributed by atoms with Crippen LogP contribution in [-0.4, -0.2) is 65.9 Å². The molecule has 1 saturated heterocycles. The maximum Gasteiger partial charge on any atom is 0.291 e. The molecular formula is C22H21Br2ClN4O3. The Balaban J connectivity index is 1.41. The van der Waals surface area contributed by atoms with Crippen LogP contribution < -0.4 is 0 Å². The predicted octanol–water partition coefficient (Wildman–Crippen LogP) is 4.79. The lowest BCUT2D eigenvalue weighted by atomic mass is 9.97. The summed E-state index contributed by atoms with van der Waals surface area (Å²) in [5, 5.41) is 0.674. The van der Waals surface area contributed by atoms with Crippen LogP contribution in [0.1, 0.15) is 35.4 Å². The third kappa shape index (κ3) is 5.00. The van der Waals surface area contributed by atoms with E-state index in [1.165, 1.54) is 0 Å². The van der Waals surface area contributed by atoms with Crippen LogP contribution in [0.5, 0.6) is 0 Å². The fourth-order valence-corrected chi connectivity index (χ4v) is 4.65. The van der Waals surface area contributed by atoms with E-state index in [1.807, 2.05) is 31.2 Å². The van der Waals surface area contributed by atoms with E-state index < -0.39 is 0 Å². The predicted molar refractivity (Wildman–Crippen MR) is 131 cm³/mol. The number of aliphatic imine (C=N–C) groups is 2. The molecule has 1 fully saturated rings. The number of carbonyl (C=O) groups excluding carboxylic acids is 2. The van der Waals surface area contributed by atoms with Crippen molar-refractivity contribution in [1.29, 1.82) is 0 Å². The molecule has 3 heterocycles. The molecule has 0 saturated carbocycles. The Morgan fingerprint density at radius 3 is 2.69 bits per heavy atom. The quantitative estimate of drug-likeness (QED) is 0.521. The molecule has 2 amide bonds. The maximum absolute atomic E-state index is 13.1. The monoisotopic (exact) mass is 582 g/mol. The molecule has 2 unspecified atom stereocenters. The molecule has 1 aromatic carbocycles. The summed E-state index contributed by atoms with van der Waals surface area (Å²) in [5.74, 6) is 0.0998. The van der Waals surface area contributed by atoms with Gasteiger partial charge in [0, 0.05) is 55.4 Å². The fraction of sp³-hybridized carbons (Fsp3) is 0.364. The average molecular weight is 585 g/mol. The molecule has 0 spiro atoms. The number of hydrogen-bond acceptors (Lipinski definition) is 5. The lowest BCUT2D eigenvalue weighted by Gasteiger charge is -2.39. The van der Waals surface area contributed by atoms with Crippen molar-refractivity contribution in [3.8, 4) is 0 Å². The average Bonchev–Trinajstić information content (AvgIpc) is 2.97. The van der Waals surface area contributed by atoms with Crippen LogP contribution >= 0.6 is 43.5 Å². The van der Waals surface area contributed by atoms with E-state index in [0.717, 1.165) is 12.0 Å². The standard InChI is InChI=1S/C22H21Br2ClN4O3/c1-13-12-28(21(30)18-10-17(23)19(24)32-18)7-8-29(13)22(31)20-26-6-5-15(11-27-20)14-3-2-4-16(25)9-14/h2-4,9-11,13,15H,5-8,12H2,1H3. The molecule has 32 heavy (non-hydrogen) atoms. The highest BCUT2D eigenvalue weighted by Crippen LogP contribution is 2.28. The van der Waals surface area contributed by atoms with Crippen molar-refractivity contribution in [2.45, 2.75) is 25.3 Å². The first-order valence-corrected chi connectivity index (χ1v) is 12.2. The molecule has 0 aliphatic carbocycles. The Bertz CT molecular complexity index is 1080. The molecule has 2 aliphatic heterocycles. The molecule has 2 atom stereocenters. The first-order valence-electron chi connectivity index (χ1n) is 10.2. The van der Waals surface area contributed by atoms with Crippen LogP contribution in [-0.2, 0) is 4.79 Å². The van der Waals surface area contributed by atoms with Crippen molar-refractivity contribution < 1.29 is 14.0 Å². The number of hydrogen-bond donors (Lipinski definition) is 0. The highest BCUT2D eigenvalue weighted by molar-refractivity contribution is 9.13. The summed E-state index contributed by atoms with van der Waals surface area (Å²) in [6.45, 7) is 3.64. The van der Waals surface area contributed by atoms with Crippen molar-refractivity contribution in [2.24, 2.45) is 9.98 Å². The summed E-state index contributed by atoms with van der Waals surface area (Å²) < 4.78 is 6.61. The van der Waals surface area contributed by atoms with E-state index in [4.69, 9.17) is 16.0 Å². The molecule has 7 nitrogen and oxygen atoms in total. The zero-order valence-corrected chi connectivity index (χ0v) is 21.2. The van der Waals surface area contributed by atoms with E-state index in [9.17, 15) is 9.59 Å². The normalized spacial score (nSPS) is 21.3. The number of carbonyl (C=O) groups is 2. The summed E-state index contributed by atoms with van der Waals surface area (Å²) in [4.78, 5) is 38.2. The van der Waals surface area contributed by atoms with Gasteiger partial charge in [-0.05, 0) is 62.9 Å². The first kappa shape index (κ1) is 23.2. The van der Waals surface area contributed by atoms with Gasteiger partial charge in [-0.3, -0.25) is 14.6 Å². The number of benzene rings is 1. The number of amidine groups is 1. The van der Waals surface area contributed by atoms with Gasteiger partial charge in [-0.1, -0.05) is 23.7 Å². The maximum atomic E-state index is 13.1. The molecule has 0 radical (unpaired) electrons. The van der Waals surface area contributed by atoms with E-state index >= 15 is 0 Å². The van der Waals surface area contributed by atoms with Crippen molar-refractivity contribution in [2.75, 3.05) is 26.2 Å². The Morgan fingerprint density at radius 2 is 2.00 bits per heavy atom. The second-order valence-electron chi connectivity index (χ2n) is 7.76. The number of nitrogens with zero attached hydrogens (tertiary/aromatic N) is 4. The van der Waals surface area contributed by atoms with Gasteiger partial charge >= 0.3 is 0 Å². The summed E-state index contributed by atoms with van der Waals surface area (Å²) >= 11 is 12.7. The number of piperazine rings is 1. The van der Waals surface area contributed by atoms with Crippen LogP contribution in [0.3, 0.4) is 0 Å². The fourth-order valence-electron chi connectivity index (χ4n) is 3.88. The highest BCUT2D eigenvalue weighted by Gasteiger charge is 2.33. The molecule has 0 N–H and O–H groups in total. The lowest BCUT2D eigenvalue weighted by Crippen LogP contribution is -2.56. The van der Waals surface area contributed by atoms with Gasteiger partial charge in [0.25, 0.3) is 11.8 Å². The Labute approximate surface area is 207 Å². The van der Waals surface area contributed by atoms with Gasteiger partial charge in [0.05, 0.1) is 4.47 Å². The summed E-state index contributed by atoms with van der Waals surface area (Å²) in [6.07, 6.45) is 2.54. The van der Waals surface area contributed by atoms with Crippen LogP contribution in [0.2, 0.25) is 5.02 Å². The van der Waals surface area contributed by atoms with Crippen LogP contribution in [0, 0.1) is 0 Å². The van der Waals surface area contributed by atoms with E-state index in [-0.39, 0.29) is 35.4 Å². The number of halogens is 3. The molecule has 2 aliphatic rings. The zero-order valence-electron chi connectivity index (χ0n) is 17.3. The number of amides is 2. The molecule has 4 rings (SSSR count). The highest BCUT2D eigenvalue weighted by atomic mass is 79.9. The van der Waals surface area contributed by atoms with Gasteiger partial charge in [0.1, 0.15) is 0 Å². The molecule has 168 valence electrons. The van der Waals surface area contributed by atoms with Crippen LogP contribution in [0.4, 0.5) is 0 Å². The molecule has 2 aromatic rings. The summed E-state index contributed by atoms with van der Waals surface area (Å²) in [6, 6.07) is 9.13. The van der Waals surface area contributed by atoms with Crippen molar-refractivity contribution in [3.63, 3.8) is 0 Å². The minimum Gasteiger partial charge on any atom is -0.443 e. The van der Waals surface area contributed by atoms with Gasteiger partial charge in [-0.15, -0.1) is 0 Å². The third-order valence-corrected chi connectivity index (χ3v) is 7.52. The van der Waals surface area contributed by atoms with Gasteiger partial charge in [-0.2, -0.15) is 0 Å². The largest absolute Gasteiger partial charge is 0.443 e. The van der Waals surface area contributed by atoms with Crippen molar-refractivity contribution in [1.82, 2.24) is 9.80 Å². The van der Waals surface area contributed by atoms with Crippen molar-refractivity contribution in [3.05, 3.63) is 55.8 Å². The minimum atomic E-state index is -0.212. The van der Waals surface area contributed by atoms with Crippen LogP contribution in [0.15, 0.2) is 53.9 Å². The smallest absolute Gasteiger partial charge is 0.291 e. The summed E-state index contributed by atoms with van der Waals surface area (Å²) in [7, 11) is 0. The third-order valence-electron chi connectivity index (χ3n) is 5.58. The van der Waals surface area contributed by atoms with Gasteiger partial charge in [0.2, 0.25) is 5.84 Å². The van der Waals surface area contributed by atoms with Gasteiger partial charge < -0.3 is 14.2 Å². The van der Waals surface area contributed by atoms with E-state index in [2.05, 4.69) is 41.8 Å². The Morgan fingerprint density at radius 1 is 1.19 bits per heavy atom. The zero-order chi connectivity index (χ0) is 22.8. The van der Waals surface area contributed by atoms with Gasteiger partial charge in [-0.25, -0.2) is 4.99 Å². The second-order valence-corrected chi connectivity index (χ2v) is 9.78. The molecule has 10 heteroatoms.